The van der Waals surface area contributed by atoms with Gasteiger partial charge in [0.05, 0.1) is 18.0 Å². The van der Waals surface area contributed by atoms with Gasteiger partial charge in [0.1, 0.15) is 0 Å². The number of fused-ring (bicyclic) bond motifs is 2. The molecule has 1 aromatic heterocycles. The molecule has 1 aromatic carbocycles. The first-order valence-electron chi connectivity index (χ1n) is 7.67. The van der Waals surface area contributed by atoms with Crippen LogP contribution in [0.2, 0.25) is 5.02 Å². The molecule has 2 aliphatic rings. The topological polar surface area (TPSA) is 58.4 Å². The van der Waals surface area contributed by atoms with Gasteiger partial charge in [0, 0.05) is 48.8 Å². The first-order chi connectivity index (χ1) is 10.8. The van der Waals surface area contributed by atoms with E-state index in [1.165, 1.54) is 6.26 Å². The molecule has 2 fully saturated rings. The number of hydrogen-bond donors (Lipinski definition) is 0. The van der Waals surface area contributed by atoms with E-state index in [9.17, 15) is 8.42 Å². The highest BCUT2D eigenvalue weighted by Gasteiger charge is 2.45. The molecule has 2 saturated heterocycles. The van der Waals surface area contributed by atoms with Crippen LogP contribution in [0.1, 0.15) is 6.42 Å². The van der Waals surface area contributed by atoms with Gasteiger partial charge in [-0.1, -0.05) is 11.6 Å². The Morgan fingerprint density at radius 3 is 2.83 bits per heavy atom. The van der Waals surface area contributed by atoms with Crippen molar-refractivity contribution in [3.8, 4) is 0 Å². The van der Waals surface area contributed by atoms with Gasteiger partial charge in [0.2, 0.25) is 10.0 Å². The van der Waals surface area contributed by atoms with E-state index in [0.29, 0.717) is 24.0 Å². The molecule has 3 heterocycles. The van der Waals surface area contributed by atoms with Gasteiger partial charge in [-0.25, -0.2) is 8.42 Å². The highest BCUT2D eigenvalue weighted by molar-refractivity contribution is 7.88. The molecule has 0 bridgehead atoms. The highest BCUT2D eigenvalue weighted by atomic mass is 35.5. The van der Waals surface area contributed by atoms with Gasteiger partial charge >= 0.3 is 0 Å². The van der Waals surface area contributed by atoms with Crippen LogP contribution in [0, 0.1) is 5.92 Å². The Bertz CT molecular complexity index is 879. The summed E-state index contributed by atoms with van der Waals surface area (Å²) < 4.78 is 27.4. The number of halogens is 1. The summed E-state index contributed by atoms with van der Waals surface area (Å²) in [5, 5.41) is 6.05. The lowest BCUT2D eigenvalue weighted by Gasteiger charge is -2.24. The number of aromatic nitrogens is 2. The van der Waals surface area contributed by atoms with Crippen molar-refractivity contribution in [3.63, 3.8) is 0 Å². The molecule has 2 aliphatic heterocycles. The maximum absolute atomic E-state index is 12.0. The van der Waals surface area contributed by atoms with E-state index in [4.69, 9.17) is 11.6 Å². The van der Waals surface area contributed by atoms with Crippen molar-refractivity contribution >= 4 is 38.2 Å². The summed E-state index contributed by atoms with van der Waals surface area (Å²) in [4.78, 5) is 2.25. The van der Waals surface area contributed by atoms with Crippen molar-refractivity contribution < 1.29 is 8.42 Å². The third-order valence-corrected chi connectivity index (χ3v) is 6.60. The Balaban J connectivity index is 1.72. The zero-order chi connectivity index (χ0) is 16.4. The Morgan fingerprint density at radius 2 is 2.09 bits per heavy atom. The molecule has 6 nitrogen and oxygen atoms in total. The molecule has 2 aromatic rings. The summed E-state index contributed by atoms with van der Waals surface area (Å²) in [6.45, 7) is 2.21. The third-order valence-electron chi connectivity index (χ3n) is 5.07. The van der Waals surface area contributed by atoms with E-state index in [1.54, 1.807) is 4.31 Å². The number of nitrogens with zero attached hydrogens (tertiary/aromatic N) is 4. The summed E-state index contributed by atoms with van der Waals surface area (Å²) in [7, 11) is -1.25. The molecule has 23 heavy (non-hydrogen) atoms. The van der Waals surface area contributed by atoms with Gasteiger partial charge in [-0.05, 0) is 24.5 Å². The van der Waals surface area contributed by atoms with Crippen LogP contribution in [0.25, 0.3) is 10.9 Å². The van der Waals surface area contributed by atoms with Crippen molar-refractivity contribution in [3.05, 3.63) is 23.4 Å². The second-order valence-corrected chi connectivity index (χ2v) is 8.89. The summed E-state index contributed by atoms with van der Waals surface area (Å²) >= 11 is 6.28. The summed E-state index contributed by atoms with van der Waals surface area (Å²) in [5.41, 5.74) is 2.04. The van der Waals surface area contributed by atoms with E-state index in [-0.39, 0.29) is 6.04 Å². The number of benzene rings is 1. The van der Waals surface area contributed by atoms with Crippen molar-refractivity contribution in [1.82, 2.24) is 14.1 Å². The van der Waals surface area contributed by atoms with Gasteiger partial charge in [0.25, 0.3) is 0 Å². The molecular formula is C15H19ClN4O2S. The standard InChI is InChI=1S/C15H19ClN4O2S/c1-18-13-5-11(16)6-14(12(13)7-17-18)19-8-10-3-4-20(15(10)9-19)23(2,21)22/h5-7,10,15H,3-4,8-9H2,1-2H3. The molecule has 0 N–H and O–H groups in total. The zero-order valence-corrected chi connectivity index (χ0v) is 14.7. The van der Waals surface area contributed by atoms with Gasteiger partial charge in [-0.3, -0.25) is 4.68 Å². The van der Waals surface area contributed by atoms with Crippen molar-refractivity contribution in [2.24, 2.45) is 13.0 Å². The second kappa shape index (κ2) is 5.09. The minimum atomic E-state index is -3.14. The Hall–Kier alpha value is -1.31. The summed E-state index contributed by atoms with van der Waals surface area (Å²) in [5.74, 6) is 0.385. The van der Waals surface area contributed by atoms with Gasteiger partial charge in [-0.2, -0.15) is 9.40 Å². The molecule has 0 spiro atoms. The molecule has 0 radical (unpaired) electrons. The fourth-order valence-electron chi connectivity index (χ4n) is 3.99. The van der Waals surface area contributed by atoms with Crippen LogP contribution in [0.5, 0.6) is 0 Å². The van der Waals surface area contributed by atoms with Crippen LogP contribution in [0.4, 0.5) is 5.69 Å². The van der Waals surface area contributed by atoms with Gasteiger partial charge in [0.15, 0.2) is 0 Å². The molecular weight excluding hydrogens is 336 g/mol. The second-order valence-electron chi connectivity index (χ2n) is 6.52. The van der Waals surface area contributed by atoms with Crippen molar-refractivity contribution in [1.29, 1.82) is 0 Å². The van der Waals surface area contributed by atoms with Crippen LogP contribution < -0.4 is 4.90 Å². The minimum Gasteiger partial charge on any atom is -0.369 e. The number of anilines is 1. The highest BCUT2D eigenvalue weighted by Crippen LogP contribution is 2.38. The Morgan fingerprint density at radius 1 is 1.30 bits per heavy atom. The van der Waals surface area contributed by atoms with Gasteiger partial charge in [-0.15, -0.1) is 0 Å². The monoisotopic (exact) mass is 354 g/mol. The van der Waals surface area contributed by atoms with E-state index in [1.807, 2.05) is 30.1 Å². The van der Waals surface area contributed by atoms with Crippen LogP contribution in [0.3, 0.4) is 0 Å². The first kappa shape index (κ1) is 15.2. The lowest BCUT2D eigenvalue weighted by molar-refractivity contribution is 0.388. The van der Waals surface area contributed by atoms with E-state index >= 15 is 0 Å². The minimum absolute atomic E-state index is 0.0655. The van der Waals surface area contributed by atoms with Crippen molar-refractivity contribution in [2.75, 3.05) is 30.8 Å². The average molecular weight is 355 g/mol. The lowest BCUT2D eigenvalue weighted by Crippen LogP contribution is -2.39. The zero-order valence-electron chi connectivity index (χ0n) is 13.1. The normalized spacial score (nSPS) is 25.4. The molecule has 8 heteroatoms. The fourth-order valence-corrected chi connectivity index (χ4v) is 5.36. The first-order valence-corrected chi connectivity index (χ1v) is 9.90. The SMILES string of the molecule is Cn1ncc2c(N3CC4CCN(S(C)(=O)=O)C4C3)cc(Cl)cc21. The molecule has 4 rings (SSSR count). The third kappa shape index (κ3) is 2.42. The number of hydrogen-bond acceptors (Lipinski definition) is 4. The summed E-state index contributed by atoms with van der Waals surface area (Å²) in [6.07, 6.45) is 4.07. The maximum atomic E-state index is 12.0. The smallest absolute Gasteiger partial charge is 0.211 e. The predicted octanol–water partition coefficient (Wildman–Crippen LogP) is 1.70. The lowest BCUT2D eigenvalue weighted by atomic mass is 10.1. The number of rotatable bonds is 2. The largest absolute Gasteiger partial charge is 0.369 e. The Labute approximate surface area is 140 Å². The van der Waals surface area contributed by atoms with Crippen LogP contribution >= 0.6 is 11.6 Å². The molecule has 124 valence electrons. The molecule has 2 unspecified atom stereocenters. The van der Waals surface area contributed by atoms with Gasteiger partial charge < -0.3 is 4.90 Å². The molecule has 0 aliphatic carbocycles. The predicted molar refractivity (Wildman–Crippen MR) is 91.4 cm³/mol. The van der Waals surface area contributed by atoms with E-state index in [2.05, 4.69) is 10.00 Å². The fraction of sp³-hybridized carbons (Fsp3) is 0.533. The average Bonchev–Trinajstić information content (AvgIpc) is 3.11. The van der Waals surface area contributed by atoms with E-state index in [0.717, 1.165) is 29.6 Å². The quantitative estimate of drug-likeness (QED) is 0.823. The van der Waals surface area contributed by atoms with E-state index < -0.39 is 10.0 Å². The molecule has 0 saturated carbocycles. The summed E-state index contributed by atoms with van der Waals surface area (Å²) in [6, 6.07) is 3.93. The van der Waals surface area contributed by atoms with Crippen LogP contribution in [-0.2, 0) is 17.1 Å². The molecule has 2 atom stereocenters. The maximum Gasteiger partial charge on any atom is 0.211 e. The van der Waals surface area contributed by atoms with Crippen LogP contribution in [0.15, 0.2) is 18.3 Å². The molecule has 0 amide bonds. The number of aryl methyl sites for hydroxylation is 1. The Kier molecular flexibility index (Phi) is 3.37. The number of sulfonamides is 1. The van der Waals surface area contributed by atoms with Crippen molar-refractivity contribution in [2.45, 2.75) is 12.5 Å². The van der Waals surface area contributed by atoms with Crippen LogP contribution in [-0.4, -0.2) is 54.4 Å².